The van der Waals surface area contributed by atoms with Crippen LogP contribution in [-0.4, -0.2) is 48.3 Å². The summed E-state index contributed by atoms with van der Waals surface area (Å²) in [7, 11) is 1.56. The van der Waals surface area contributed by atoms with Crippen molar-refractivity contribution < 1.29 is 13.2 Å². The first kappa shape index (κ1) is 13.1. The first-order chi connectivity index (χ1) is 6.96. The Morgan fingerprint density at radius 1 is 1.53 bits per heavy atom. The summed E-state index contributed by atoms with van der Waals surface area (Å²) in [5.41, 5.74) is 5.23. The summed E-state index contributed by atoms with van der Waals surface area (Å²) in [6.45, 7) is 0.0778. The summed E-state index contributed by atoms with van der Waals surface area (Å²) < 4.78 is 38.1. The van der Waals surface area contributed by atoms with E-state index >= 15 is 0 Å². The van der Waals surface area contributed by atoms with E-state index in [1.54, 1.807) is 18.8 Å². The Morgan fingerprint density at radius 2 is 2.20 bits per heavy atom. The molecule has 6 heteroatoms. The van der Waals surface area contributed by atoms with Crippen LogP contribution in [0.5, 0.6) is 0 Å². The van der Waals surface area contributed by atoms with Crippen LogP contribution in [0.15, 0.2) is 0 Å². The Hall–Kier alpha value is 0.0600. The van der Waals surface area contributed by atoms with Crippen LogP contribution in [0.4, 0.5) is 13.2 Å². The number of halogens is 3. The Balaban J connectivity index is 2.61. The number of thioether (sulfide) groups is 1. The number of nitrogens with zero attached hydrogens (tertiary/aromatic N) is 1. The first-order valence-corrected chi connectivity index (χ1v) is 6.18. The quantitative estimate of drug-likeness (QED) is 0.813. The molecule has 1 rings (SSSR count). The Labute approximate surface area is 92.4 Å². The van der Waals surface area contributed by atoms with Crippen molar-refractivity contribution in [3.05, 3.63) is 0 Å². The van der Waals surface area contributed by atoms with E-state index in [1.165, 1.54) is 4.90 Å². The average molecular weight is 242 g/mol. The summed E-state index contributed by atoms with van der Waals surface area (Å²) in [5, 5.41) is 0. The zero-order valence-corrected chi connectivity index (χ0v) is 9.57. The predicted molar refractivity (Wildman–Crippen MR) is 57.0 cm³/mol. The van der Waals surface area contributed by atoms with Crippen LogP contribution in [-0.2, 0) is 0 Å². The SMILES string of the molecule is CN(C1CCSC1)C(CCN)C(F)(F)F. The third kappa shape index (κ3) is 3.53. The molecule has 0 aromatic carbocycles. The molecular formula is C9H17F3N2S. The van der Waals surface area contributed by atoms with E-state index in [0.29, 0.717) is 0 Å². The van der Waals surface area contributed by atoms with Crippen LogP contribution in [0, 0.1) is 0 Å². The maximum Gasteiger partial charge on any atom is 0.404 e. The van der Waals surface area contributed by atoms with E-state index in [0.717, 1.165) is 17.9 Å². The molecule has 1 aliphatic heterocycles. The zero-order chi connectivity index (χ0) is 11.5. The molecular weight excluding hydrogens is 225 g/mol. The summed E-state index contributed by atoms with van der Waals surface area (Å²) in [5.74, 6) is 1.76. The average Bonchev–Trinajstić information content (AvgIpc) is 2.63. The molecule has 0 radical (unpaired) electrons. The largest absolute Gasteiger partial charge is 0.404 e. The first-order valence-electron chi connectivity index (χ1n) is 5.03. The van der Waals surface area contributed by atoms with Crippen molar-refractivity contribution in [1.82, 2.24) is 4.90 Å². The van der Waals surface area contributed by atoms with Gasteiger partial charge in [-0.05, 0) is 32.2 Å². The fourth-order valence-electron chi connectivity index (χ4n) is 1.85. The molecule has 0 aliphatic carbocycles. The number of alkyl halides is 3. The molecule has 90 valence electrons. The van der Waals surface area contributed by atoms with E-state index < -0.39 is 12.2 Å². The van der Waals surface area contributed by atoms with Gasteiger partial charge in [0, 0.05) is 11.8 Å². The minimum atomic E-state index is -4.17. The van der Waals surface area contributed by atoms with Crippen molar-refractivity contribution in [1.29, 1.82) is 0 Å². The van der Waals surface area contributed by atoms with Crippen LogP contribution in [0.2, 0.25) is 0 Å². The molecule has 0 aromatic rings. The molecule has 2 nitrogen and oxygen atoms in total. The Kier molecular flexibility index (Phi) is 4.73. The van der Waals surface area contributed by atoms with E-state index in [9.17, 15) is 13.2 Å². The summed E-state index contributed by atoms with van der Waals surface area (Å²) >= 11 is 1.72. The van der Waals surface area contributed by atoms with Gasteiger partial charge in [-0.3, -0.25) is 4.90 Å². The maximum absolute atomic E-state index is 12.7. The molecule has 1 fully saturated rings. The molecule has 1 aliphatic rings. The van der Waals surface area contributed by atoms with Gasteiger partial charge in [0.2, 0.25) is 0 Å². The molecule has 0 aromatic heterocycles. The van der Waals surface area contributed by atoms with Gasteiger partial charge >= 0.3 is 6.18 Å². The number of rotatable bonds is 4. The summed E-state index contributed by atoms with van der Waals surface area (Å²) in [6.07, 6.45) is -3.33. The van der Waals surface area contributed by atoms with Crippen molar-refractivity contribution in [3.8, 4) is 0 Å². The van der Waals surface area contributed by atoms with E-state index in [1.807, 2.05) is 0 Å². The van der Waals surface area contributed by atoms with Gasteiger partial charge in [-0.15, -0.1) is 0 Å². The highest BCUT2D eigenvalue weighted by Crippen LogP contribution is 2.31. The zero-order valence-electron chi connectivity index (χ0n) is 8.76. The van der Waals surface area contributed by atoms with Crippen molar-refractivity contribution in [2.24, 2.45) is 5.73 Å². The van der Waals surface area contributed by atoms with Gasteiger partial charge in [0.25, 0.3) is 0 Å². The third-order valence-electron chi connectivity index (χ3n) is 2.79. The maximum atomic E-state index is 12.7. The highest BCUT2D eigenvalue weighted by atomic mass is 32.2. The highest BCUT2D eigenvalue weighted by Gasteiger charge is 2.43. The van der Waals surface area contributed by atoms with Crippen LogP contribution in [0.25, 0.3) is 0 Å². The second kappa shape index (κ2) is 5.41. The van der Waals surface area contributed by atoms with E-state index in [2.05, 4.69) is 0 Å². The highest BCUT2D eigenvalue weighted by molar-refractivity contribution is 7.99. The predicted octanol–water partition coefficient (Wildman–Crippen LogP) is 1.70. The second-order valence-corrected chi connectivity index (χ2v) is 4.97. The standard InChI is InChI=1S/C9H17F3N2S/c1-14(7-3-5-15-6-7)8(2-4-13)9(10,11)12/h7-8H,2-6,13H2,1H3. The van der Waals surface area contributed by atoms with E-state index in [4.69, 9.17) is 5.73 Å². The topological polar surface area (TPSA) is 29.3 Å². The van der Waals surface area contributed by atoms with Gasteiger partial charge in [0.1, 0.15) is 6.04 Å². The lowest BCUT2D eigenvalue weighted by molar-refractivity contribution is -0.185. The minimum Gasteiger partial charge on any atom is -0.330 e. The number of nitrogens with two attached hydrogens (primary N) is 1. The fourth-order valence-corrected chi connectivity index (χ4v) is 3.13. The lowest BCUT2D eigenvalue weighted by Crippen LogP contribution is -2.49. The van der Waals surface area contributed by atoms with E-state index in [-0.39, 0.29) is 19.0 Å². The van der Waals surface area contributed by atoms with Crippen LogP contribution >= 0.6 is 11.8 Å². The third-order valence-corrected chi connectivity index (χ3v) is 3.94. The molecule has 2 atom stereocenters. The van der Waals surface area contributed by atoms with Gasteiger partial charge in [-0.2, -0.15) is 24.9 Å². The van der Waals surface area contributed by atoms with Crippen LogP contribution in [0.1, 0.15) is 12.8 Å². The second-order valence-electron chi connectivity index (χ2n) is 3.82. The van der Waals surface area contributed by atoms with Crippen LogP contribution < -0.4 is 5.73 Å². The van der Waals surface area contributed by atoms with Gasteiger partial charge in [-0.25, -0.2) is 0 Å². The van der Waals surface area contributed by atoms with Crippen molar-refractivity contribution in [2.45, 2.75) is 31.1 Å². The van der Waals surface area contributed by atoms with Crippen LogP contribution in [0.3, 0.4) is 0 Å². The molecule has 0 saturated carbocycles. The Morgan fingerprint density at radius 3 is 2.60 bits per heavy atom. The molecule has 0 amide bonds. The van der Waals surface area contributed by atoms with Gasteiger partial charge < -0.3 is 5.73 Å². The van der Waals surface area contributed by atoms with Gasteiger partial charge in [0.15, 0.2) is 0 Å². The molecule has 0 spiro atoms. The Bertz CT molecular complexity index is 192. The smallest absolute Gasteiger partial charge is 0.330 e. The monoisotopic (exact) mass is 242 g/mol. The fraction of sp³-hybridized carbons (Fsp3) is 1.00. The summed E-state index contributed by atoms with van der Waals surface area (Å²) in [4.78, 5) is 1.45. The van der Waals surface area contributed by atoms with Crippen molar-refractivity contribution >= 4 is 11.8 Å². The molecule has 2 N–H and O–H groups in total. The van der Waals surface area contributed by atoms with Gasteiger partial charge in [-0.1, -0.05) is 0 Å². The number of hydrogen-bond acceptors (Lipinski definition) is 3. The summed E-state index contributed by atoms with van der Waals surface area (Å²) in [6, 6.07) is -1.33. The normalized spacial score (nSPS) is 24.8. The van der Waals surface area contributed by atoms with Crippen molar-refractivity contribution in [3.63, 3.8) is 0 Å². The molecule has 2 unspecified atom stereocenters. The van der Waals surface area contributed by atoms with Crippen molar-refractivity contribution in [2.75, 3.05) is 25.1 Å². The molecule has 1 heterocycles. The lowest BCUT2D eigenvalue weighted by Gasteiger charge is -2.33. The molecule has 1 saturated heterocycles. The number of hydrogen-bond donors (Lipinski definition) is 1. The lowest BCUT2D eigenvalue weighted by atomic mass is 10.1. The minimum absolute atomic E-state index is 0.0127. The molecule has 15 heavy (non-hydrogen) atoms. The molecule has 0 bridgehead atoms. The van der Waals surface area contributed by atoms with Gasteiger partial charge in [0.05, 0.1) is 0 Å².